The van der Waals surface area contributed by atoms with Crippen LogP contribution >= 0.6 is 12.4 Å². The van der Waals surface area contributed by atoms with Crippen LogP contribution in [0.15, 0.2) is 0 Å². The van der Waals surface area contributed by atoms with E-state index in [1.807, 2.05) is 0 Å². The van der Waals surface area contributed by atoms with Crippen molar-refractivity contribution in [2.24, 2.45) is 11.7 Å². The van der Waals surface area contributed by atoms with Gasteiger partial charge in [-0.25, -0.2) is 4.72 Å². The first-order chi connectivity index (χ1) is 8.91. The number of hydrogen-bond acceptors (Lipinski definition) is 3. The van der Waals surface area contributed by atoms with E-state index in [1.54, 1.807) is 4.31 Å². The van der Waals surface area contributed by atoms with Gasteiger partial charge in [0.2, 0.25) is 0 Å². The zero-order valence-corrected chi connectivity index (χ0v) is 13.9. The normalized spacial score (nSPS) is 27.8. The second-order valence-electron chi connectivity index (χ2n) is 6.35. The fourth-order valence-corrected chi connectivity index (χ4v) is 4.60. The van der Waals surface area contributed by atoms with Crippen LogP contribution in [-0.4, -0.2) is 37.9 Å². The third-order valence-electron chi connectivity index (χ3n) is 4.42. The van der Waals surface area contributed by atoms with Gasteiger partial charge in [-0.3, -0.25) is 0 Å². The van der Waals surface area contributed by atoms with Gasteiger partial charge >= 0.3 is 0 Å². The Morgan fingerprint density at radius 1 is 1.25 bits per heavy atom. The van der Waals surface area contributed by atoms with Crippen LogP contribution in [0.5, 0.6) is 0 Å². The van der Waals surface area contributed by atoms with Crippen molar-refractivity contribution in [3.05, 3.63) is 0 Å². The standard InChI is InChI=1S/C13H27N3O2S.ClH/c1-12-6-5-9-16(10-12)19(17,18)15-11-13(14)7-3-2-4-8-13;/h12,15H,2-11,14H2,1H3;1H. The highest BCUT2D eigenvalue weighted by atomic mass is 35.5. The Kier molecular flexibility index (Phi) is 6.73. The Bertz CT molecular complexity index is 396. The number of hydrogen-bond donors (Lipinski definition) is 2. The van der Waals surface area contributed by atoms with Crippen molar-refractivity contribution in [2.75, 3.05) is 19.6 Å². The largest absolute Gasteiger partial charge is 0.324 e. The minimum atomic E-state index is -3.35. The maximum absolute atomic E-state index is 12.3. The van der Waals surface area contributed by atoms with E-state index in [4.69, 9.17) is 5.73 Å². The Morgan fingerprint density at radius 2 is 1.90 bits per heavy atom. The van der Waals surface area contributed by atoms with Gasteiger partial charge in [-0.1, -0.05) is 26.2 Å². The second-order valence-corrected chi connectivity index (χ2v) is 8.11. The molecule has 7 heteroatoms. The summed E-state index contributed by atoms with van der Waals surface area (Å²) in [5.41, 5.74) is 5.94. The third kappa shape index (κ3) is 4.84. The first kappa shape index (κ1) is 18.2. The maximum atomic E-state index is 12.3. The molecule has 0 amide bonds. The van der Waals surface area contributed by atoms with Gasteiger partial charge in [-0.2, -0.15) is 12.7 Å². The summed E-state index contributed by atoms with van der Waals surface area (Å²) in [7, 11) is -3.35. The van der Waals surface area contributed by atoms with E-state index >= 15 is 0 Å². The summed E-state index contributed by atoms with van der Waals surface area (Å²) in [6, 6.07) is 0. The van der Waals surface area contributed by atoms with Gasteiger partial charge in [0.25, 0.3) is 10.2 Å². The van der Waals surface area contributed by atoms with Gasteiger partial charge in [-0.05, 0) is 31.6 Å². The molecule has 0 aromatic heterocycles. The summed E-state index contributed by atoms with van der Waals surface area (Å²) in [5, 5.41) is 0. The number of piperidine rings is 1. The smallest absolute Gasteiger partial charge is 0.279 e. The highest BCUT2D eigenvalue weighted by molar-refractivity contribution is 7.87. The van der Waals surface area contributed by atoms with Crippen molar-refractivity contribution >= 4 is 22.6 Å². The average Bonchev–Trinajstić information content (AvgIpc) is 2.38. The summed E-state index contributed by atoms with van der Waals surface area (Å²) in [5.74, 6) is 0.451. The first-order valence-corrected chi connectivity index (χ1v) is 8.89. The van der Waals surface area contributed by atoms with Crippen LogP contribution in [0.25, 0.3) is 0 Å². The molecule has 0 aromatic carbocycles. The van der Waals surface area contributed by atoms with E-state index < -0.39 is 10.2 Å². The molecule has 0 aromatic rings. The summed E-state index contributed by atoms with van der Waals surface area (Å²) in [4.78, 5) is 0. The van der Waals surface area contributed by atoms with Crippen molar-refractivity contribution < 1.29 is 8.42 Å². The zero-order valence-electron chi connectivity index (χ0n) is 12.3. The minimum Gasteiger partial charge on any atom is -0.324 e. The van der Waals surface area contributed by atoms with Gasteiger partial charge in [-0.15, -0.1) is 12.4 Å². The van der Waals surface area contributed by atoms with Crippen LogP contribution in [0.2, 0.25) is 0 Å². The highest BCUT2D eigenvalue weighted by Crippen LogP contribution is 2.25. The predicted molar refractivity (Wildman–Crippen MR) is 84.1 cm³/mol. The van der Waals surface area contributed by atoms with E-state index in [9.17, 15) is 8.42 Å². The van der Waals surface area contributed by atoms with Crippen LogP contribution in [0.3, 0.4) is 0 Å². The molecule has 1 aliphatic heterocycles. The van der Waals surface area contributed by atoms with Crippen molar-refractivity contribution in [1.29, 1.82) is 0 Å². The first-order valence-electron chi connectivity index (χ1n) is 7.45. The quantitative estimate of drug-likeness (QED) is 0.825. The molecule has 0 radical (unpaired) electrons. The lowest BCUT2D eigenvalue weighted by atomic mass is 9.83. The molecule has 1 atom stereocenters. The van der Waals surface area contributed by atoms with E-state index in [1.165, 1.54) is 6.42 Å². The summed E-state index contributed by atoms with van der Waals surface area (Å²) in [6.45, 7) is 3.75. The van der Waals surface area contributed by atoms with Gasteiger partial charge < -0.3 is 5.73 Å². The lowest BCUT2D eigenvalue weighted by Gasteiger charge is -2.35. The van der Waals surface area contributed by atoms with Crippen LogP contribution in [0.1, 0.15) is 51.9 Å². The third-order valence-corrected chi connectivity index (χ3v) is 5.94. The molecule has 2 rings (SSSR count). The van der Waals surface area contributed by atoms with Crippen LogP contribution in [-0.2, 0) is 10.2 Å². The Morgan fingerprint density at radius 3 is 2.50 bits per heavy atom. The molecule has 1 saturated heterocycles. The van der Waals surface area contributed by atoms with E-state index in [0.717, 1.165) is 38.5 Å². The molecular weight excluding hydrogens is 298 g/mol. The molecule has 2 aliphatic rings. The maximum Gasteiger partial charge on any atom is 0.279 e. The van der Waals surface area contributed by atoms with E-state index in [-0.39, 0.29) is 17.9 Å². The Labute approximate surface area is 129 Å². The molecule has 3 N–H and O–H groups in total. The summed E-state index contributed by atoms with van der Waals surface area (Å²) in [6.07, 6.45) is 7.35. The lowest BCUT2D eigenvalue weighted by Crippen LogP contribution is -2.54. The summed E-state index contributed by atoms with van der Waals surface area (Å²) < 4.78 is 28.9. The van der Waals surface area contributed by atoms with Crippen molar-refractivity contribution in [1.82, 2.24) is 9.03 Å². The molecule has 1 aliphatic carbocycles. The van der Waals surface area contributed by atoms with Crippen molar-refractivity contribution in [3.8, 4) is 0 Å². The molecule has 5 nitrogen and oxygen atoms in total. The average molecular weight is 326 g/mol. The van der Waals surface area contributed by atoms with Gasteiger partial charge in [0.1, 0.15) is 0 Å². The molecule has 0 bridgehead atoms. The van der Waals surface area contributed by atoms with Crippen LogP contribution in [0.4, 0.5) is 0 Å². The monoisotopic (exact) mass is 325 g/mol. The topological polar surface area (TPSA) is 75.4 Å². The molecule has 20 heavy (non-hydrogen) atoms. The Balaban J connectivity index is 0.00000200. The fourth-order valence-electron chi connectivity index (χ4n) is 3.12. The van der Waals surface area contributed by atoms with E-state index in [2.05, 4.69) is 11.6 Å². The van der Waals surface area contributed by atoms with Crippen molar-refractivity contribution in [2.45, 2.75) is 57.4 Å². The fraction of sp³-hybridized carbons (Fsp3) is 1.00. The molecule has 2 fully saturated rings. The number of rotatable bonds is 4. The number of nitrogens with one attached hydrogen (secondary N) is 1. The molecule has 0 spiro atoms. The van der Waals surface area contributed by atoms with Crippen LogP contribution < -0.4 is 10.5 Å². The van der Waals surface area contributed by atoms with Crippen LogP contribution in [0, 0.1) is 5.92 Å². The van der Waals surface area contributed by atoms with Gasteiger partial charge in [0, 0.05) is 25.2 Å². The minimum absolute atomic E-state index is 0. The number of nitrogens with two attached hydrogens (primary N) is 1. The molecular formula is C13H28ClN3O2S. The zero-order chi connectivity index (χ0) is 13.9. The molecule has 1 heterocycles. The van der Waals surface area contributed by atoms with Crippen molar-refractivity contribution in [3.63, 3.8) is 0 Å². The molecule has 120 valence electrons. The summed E-state index contributed by atoms with van der Waals surface area (Å²) >= 11 is 0. The second kappa shape index (κ2) is 7.40. The van der Waals surface area contributed by atoms with Gasteiger partial charge in [0.15, 0.2) is 0 Å². The van der Waals surface area contributed by atoms with Gasteiger partial charge in [0.05, 0.1) is 0 Å². The number of halogens is 1. The molecule has 1 saturated carbocycles. The lowest BCUT2D eigenvalue weighted by molar-refractivity contribution is 0.268. The Hall–Kier alpha value is 0.120. The number of nitrogens with zero attached hydrogens (tertiary/aromatic N) is 1. The predicted octanol–water partition coefficient (Wildman–Crippen LogP) is 1.64. The molecule has 1 unspecified atom stereocenters. The highest BCUT2D eigenvalue weighted by Gasteiger charge is 2.32. The van der Waals surface area contributed by atoms with E-state index in [0.29, 0.717) is 25.6 Å². The SMILES string of the molecule is CC1CCCN(S(=O)(=O)NCC2(N)CCCCC2)C1.Cl.